The molecule has 0 aliphatic heterocycles. The van der Waals surface area contributed by atoms with Crippen molar-refractivity contribution in [1.82, 2.24) is 9.55 Å². The summed E-state index contributed by atoms with van der Waals surface area (Å²) in [5.41, 5.74) is 8.43. The zero-order valence-corrected chi connectivity index (χ0v) is 11.8. The van der Waals surface area contributed by atoms with E-state index in [0.29, 0.717) is 12.1 Å². The van der Waals surface area contributed by atoms with Crippen molar-refractivity contribution < 1.29 is 5.21 Å². The van der Waals surface area contributed by atoms with Crippen molar-refractivity contribution >= 4 is 28.1 Å². The summed E-state index contributed by atoms with van der Waals surface area (Å²) in [6.45, 7) is 2.71. The lowest BCUT2D eigenvalue weighted by molar-refractivity contribution is 0.318. The number of aryl methyl sites for hydroxylation is 1. The molecular weight excluding hydrogens is 272 g/mol. The van der Waals surface area contributed by atoms with Gasteiger partial charge in [-0.05, 0) is 24.4 Å². The molecule has 0 amide bonds. The Morgan fingerprint density at radius 1 is 1.45 bits per heavy atom. The molecule has 0 saturated carbocycles. The lowest BCUT2D eigenvalue weighted by Crippen LogP contribution is -2.13. The highest BCUT2D eigenvalue weighted by atomic mass is 32.1. The minimum Gasteiger partial charge on any atom is -0.409 e. The topological polar surface area (TPSA) is 76.4 Å². The van der Waals surface area contributed by atoms with Crippen LogP contribution in [0.3, 0.4) is 0 Å². The SMILES string of the molecule is Cc1nc(Cn2ccc3ccc(/C(N)=N/O)cc32)cs1. The van der Waals surface area contributed by atoms with Crippen molar-refractivity contribution in [3.05, 3.63) is 52.1 Å². The Morgan fingerprint density at radius 3 is 3.00 bits per heavy atom. The van der Waals surface area contributed by atoms with Crippen LogP contribution in [0.4, 0.5) is 0 Å². The van der Waals surface area contributed by atoms with E-state index in [0.717, 1.165) is 21.6 Å². The Balaban J connectivity index is 2.02. The first-order valence-electron chi connectivity index (χ1n) is 6.15. The van der Waals surface area contributed by atoms with Crippen molar-refractivity contribution in [3.63, 3.8) is 0 Å². The van der Waals surface area contributed by atoms with E-state index in [1.54, 1.807) is 11.3 Å². The van der Waals surface area contributed by atoms with Gasteiger partial charge in [0.25, 0.3) is 0 Å². The Labute approximate surface area is 120 Å². The summed E-state index contributed by atoms with van der Waals surface area (Å²) in [5.74, 6) is 0.115. The second kappa shape index (κ2) is 4.97. The van der Waals surface area contributed by atoms with E-state index in [2.05, 4.69) is 20.1 Å². The third-order valence-corrected chi connectivity index (χ3v) is 4.00. The number of benzene rings is 1. The molecule has 3 aromatic rings. The average molecular weight is 286 g/mol. The number of nitrogens with two attached hydrogens (primary N) is 1. The van der Waals surface area contributed by atoms with Gasteiger partial charge in [-0.1, -0.05) is 17.3 Å². The third kappa shape index (κ3) is 2.25. The van der Waals surface area contributed by atoms with Gasteiger partial charge in [0.05, 0.1) is 17.2 Å². The van der Waals surface area contributed by atoms with Gasteiger partial charge in [-0.2, -0.15) is 0 Å². The first-order chi connectivity index (χ1) is 9.67. The van der Waals surface area contributed by atoms with Gasteiger partial charge in [-0.3, -0.25) is 0 Å². The summed E-state index contributed by atoms with van der Waals surface area (Å²) in [4.78, 5) is 4.48. The number of nitrogens with zero attached hydrogens (tertiary/aromatic N) is 3. The average Bonchev–Trinajstić information content (AvgIpc) is 3.05. The van der Waals surface area contributed by atoms with Crippen molar-refractivity contribution in [2.75, 3.05) is 0 Å². The fourth-order valence-electron chi connectivity index (χ4n) is 2.19. The molecule has 0 aliphatic rings. The number of oxime groups is 1. The number of hydrogen-bond acceptors (Lipinski definition) is 4. The summed E-state index contributed by atoms with van der Waals surface area (Å²) < 4.78 is 2.11. The number of fused-ring (bicyclic) bond motifs is 1. The minimum atomic E-state index is 0.115. The van der Waals surface area contributed by atoms with Crippen molar-refractivity contribution in [2.24, 2.45) is 10.9 Å². The molecule has 0 saturated heterocycles. The van der Waals surface area contributed by atoms with Gasteiger partial charge < -0.3 is 15.5 Å². The van der Waals surface area contributed by atoms with E-state index in [9.17, 15) is 0 Å². The quantitative estimate of drug-likeness (QED) is 0.336. The van der Waals surface area contributed by atoms with Gasteiger partial charge in [0.1, 0.15) is 0 Å². The highest BCUT2D eigenvalue weighted by molar-refractivity contribution is 7.09. The fraction of sp³-hybridized carbons (Fsp3) is 0.143. The summed E-state index contributed by atoms with van der Waals surface area (Å²) in [5, 5.41) is 16.1. The Morgan fingerprint density at radius 2 is 2.30 bits per heavy atom. The predicted octanol–water partition coefficient (Wildman–Crippen LogP) is 2.55. The van der Waals surface area contributed by atoms with E-state index >= 15 is 0 Å². The molecule has 0 radical (unpaired) electrons. The first-order valence-corrected chi connectivity index (χ1v) is 7.03. The van der Waals surface area contributed by atoms with Gasteiger partial charge >= 0.3 is 0 Å². The molecule has 2 heterocycles. The van der Waals surface area contributed by atoms with Crippen molar-refractivity contribution in [2.45, 2.75) is 13.5 Å². The van der Waals surface area contributed by atoms with E-state index in [4.69, 9.17) is 10.9 Å². The van der Waals surface area contributed by atoms with Gasteiger partial charge in [-0.25, -0.2) is 4.98 Å². The fourth-order valence-corrected chi connectivity index (χ4v) is 2.80. The standard InChI is InChI=1S/C14H14N4OS/c1-9-16-12(8-20-9)7-18-5-4-10-2-3-11(6-13(10)18)14(15)17-19/h2-6,8,19H,7H2,1H3,(H2,15,17). The molecule has 3 rings (SSSR count). The van der Waals surface area contributed by atoms with Gasteiger partial charge in [-0.15, -0.1) is 11.3 Å². The molecule has 5 nitrogen and oxygen atoms in total. The predicted molar refractivity (Wildman–Crippen MR) is 80.4 cm³/mol. The highest BCUT2D eigenvalue weighted by Gasteiger charge is 2.07. The summed E-state index contributed by atoms with van der Waals surface area (Å²) in [6.07, 6.45) is 2.02. The van der Waals surface area contributed by atoms with Crippen LogP contribution in [0.25, 0.3) is 10.9 Å². The van der Waals surface area contributed by atoms with Gasteiger partial charge in [0.15, 0.2) is 5.84 Å². The molecule has 0 aliphatic carbocycles. The van der Waals surface area contributed by atoms with Crippen LogP contribution in [0.1, 0.15) is 16.3 Å². The number of hydrogen-bond donors (Lipinski definition) is 2. The van der Waals surface area contributed by atoms with Crippen LogP contribution >= 0.6 is 11.3 Å². The summed E-state index contributed by atoms with van der Waals surface area (Å²) >= 11 is 1.65. The normalized spacial score (nSPS) is 12.2. The van der Waals surface area contributed by atoms with Crippen molar-refractivity contribution in [3.8, 4) is 0 Å². The molecule has 0 spiro atoms. The molecule has 6 heteroatoms. The van der Waals surface area contributed by atoms with Gasteiger partial charge in [0.2, 0.25) is 0 Å². The zero-order valence-electron chi connectivity index (χ0n) is 10.9. The first kappa shape index (κ1) is 12.7. The molecule has 0 fully saturated rings. The van der Waals surface area contributed by atoms with Crippen LogP contribution in [0.5, 0.6) is 0 Å². The van der Waals surface area contributed by atoms with Crippen LogP contribution in [-0.4, -0.2) is 20.6 Å². The van der Waals surface area contributed by atoms with Crippen LogP contribution in [0, 0.1) is 6.92 Å². The van der Waals surface area contributed by atoms with Crippen LogP contribution in [0.15, 0.2) is 41.0 Å². The third-order valence-electron chi connectivity index (χ3n) is 3.18. The monoisotopic (exact) mass is 286 g/mol. The van der Waals surface area contributed by atoms with E-state index < -0.39 is 0 Å². The number of thiazole rings is 1. The van der Waals surface area contributed by atoms with E-state index in [1.807, 2.05) is 37.4 Å². The molecule has 0 atom stereocenters. The molecular formula is C14H14N4OS. The molecule has 3 N–H and O–H groups in total. The second-order valence-electron chi connectivity index (χ2n) is 4.56. The van der Waals surface area contributed by atoms with Crippen LogP contribution in [-0.2, 0) is 6.54 Å². The number of amidine groups is 1. The maximum atomic E-state index is 8.77. The molecule has 102 valence electrons. The number of rotatable bonds is 3. The van der Waals surface area contributed by atoms with E-state index in [-0.39, 0.29) is 5.84 Å². The molecule has 1 aromatic carbocycles. The summed E-state index contributed by atoms with van der Waals surface area (Å²) in [7, 11) is 0. The molecule has 0 bridgehead atoms. The Kier molecular flexibility index (Phi) is 3.15. The Hall–Kier alpha value is -2.34. The molecule has 0 unspecified atom stereocenters. The van der Waals surface area contributed by atoms with Gasteiger partial charge in [0, 0.05) is 22.7 Å². The second-order valence-corrected chi connectivity index (χ2v) is 5.62. The maximum Gasteiger partial charge on any atom is 0.170 e. The van der Waals surface area contributed by atoms with Crippen LogP contribution < -0.4 is 5.73 Å². The molecule has 20 heavy (non-hydrogen) atoms. The maximum absolute atomic E-state index is 8.77. The van der Waals surface area contributed by atoms with E-state index in [1.165, 1.54) is 0 Å². The largest absolute Gasteiger partial charge is 0.409 e. The number of aromatic nitrogens is 2. The van der Waals surface area contributed by atoms with Crippen LogP contribution in [0.2, 0.25) is 0 Å². The Bertz CT molecular complexity index is 787. The van der Waals surface area contributed by atoms with Crippen molar-refractivity contribution in [1.29, 1.82) is 0 Å². The molecule has 2 aromatic heterocycles. The minimum absolute atomic E-state index is 0.115. The zero-order chi connectivity index (χ0) is 14.1. The lowest BCUT2D eigenvalue weighted by atomic mass is 10.1. The smallest absolute Gasteiger partial charge is 0.170 e. The highest BCUT2D eigenvalue weighted by Crippen LogP contribution is 2.19. The lowest BCUT2D eigenvalue weighted by Gasteiger charge is -2.05. The summed E-state index contributed by atoms with van der Waals surface area (Å²) in [6, 6.07) is 7.77.